The topological polar surface area (TPSA) is 92.2 Å². The summed E-state index contributed by atoms with van der Waals surface area (Å²) in [5, 5.41) is 12.8. The van der Waals surface area contributed by atoms with Crippen molar-refractivity contribution in [3.8, 4) is 16.9 Å². The van der Waals surface area contributed by atoms with Crippen molar-refractivity contribution in [2.24, 2.45) is 0 Å². The van der Waals surface area contributed by atoms with Gasteiger partial charge in [-0.1, -0.05) is 24.3 Å². The Labute approximate surface area is 210 Å². The second-order valence-corrected chi connectivity index (χ2v) is 9.66. The number of carbonyl (C=O) groups is 1. The summed E-state index contributed by atoms with van der Waals surface area (Å²) in [6.07, 6.45) is 5.24. The molecule has 9 nitrogen and oxygen atoms in total. The molecule has 0 aliphatic carbocycles. The van der Waals surface area contributed by atoms with Crippen molar-refractivity contribution in [2.45, 2.75) is 38.6 Å². The van der Waals surface area contributed by atoms with E-state index >= 15 is 0 Å². The predicted octanol–water partition coefficient (Wildman–Crippen LogP) is 3.76. The lowest BCUT2D eigenvalue weighted by Gasteiger charge is -2.34. The van der Waals surface area contributed by atoms with Crippen molar-refractivity contribution >= 4 is 22.8 Å². The average molecular weight is 486 g/mol. The number of hydrogen-bond donors (Lipinski definition) is 1. The highest BCUT2D eigenvalue weighted by atomic mass is 16.5. The van der Waals surface area contributed by atoms with Crippen molar-refractivity contribution in [3.63, 3.8) is 0 Å². The number of ether oxygens (including phenoxy) is 1. The van der Waals surface area contributed by atoms with Crippen LogP contribution in [0.3, 0.4) is 0 Å². The molecule has 2 saturated heterocycles. The lowest BCUT2D eigenvalue weighted by molar-refractivity contribution is -0.133. The maximum absolute atomic E-state index is 12.4. The highest BCUT2D eigenvalue weighted by molar-refractivity contribution is 5.95. The van der Waals surface area contributed by atoms with Gasteiger partial charge in [-0.2, -0.15) is 14.9 Å². The number of pyridine rings is 1. The average Bonchev–Trinajstić information content (AvgIpc) is 3.58. The zero-order valence-electron chi connectivity index (χ0n) is 20.7. The molecule has 4 aromatic rings. The van der Waals surface area contributed by atoms with E-state index in [-0.39, 0.29) is 17.9 Å². The van der Waals surface area contributed by atoms with Gasteiger partial charge in [0.2, 0.25) is 5.91 Å². The van der Waals surface area contributed by atoms with Crippen molar-refractivity contribution < 1.29 is 9.53 Å². The van der Waals surface area contributed by atoms with Gasteiger partial charge in [-0.15, -0.1) is 0 Å². The fraction of sp³-hybridized carbons (Fsp3) is 0.407. The molecular weight excluding hydrogens is 454 g/mol. The SMILES string of the molecule is CCN1CCC(c2ccc(-c3cc(N4CCOC[C@H]4C)nc4c3cnn4-c3cc[nH]n3)cc2)CC1=O. The number of aromatic nitrogens is 5. The summed E-state index contributed by atoms with van der Waals surface area (Å²) in [6.45, 7) is 7.98. The fourth-order valence-electron chi connectivity index (χ4n) is 5.41. The molecule has 36 heavy (non-hydrogen) atoms. The summed E-state index contributed by atoms with van der Waals surface area (Å²) in [6, 6.07) is 13.0. The molecule has 186 valence electrons. The smallest absolute Gasteiger partial charge is 0.223 e. The van der Waals surface area contributed by atoms with Crippen LogP contribution in [0.25, 0.3) is 28.0 Å². The molecule has 1 aromatic carbocycles. The van der Waals surface area contributed by atoms with Crippen LogP contribution in [0.1, 0.15) is 38.2 Å². The maximum atomic E-state index is 12.4. The normalized spacial score (nSPS) is 20.9. The number of fused-ring (bicyclic) bond motifs is 1. The summed E-state index contributed by atoms with van der Waals surface area (Å²) in [7, 11) is 0. The first-order chi connectivity index (χ1) is 17.6. The van der Waals surface area contributed by atoms with Crippen LogP contribution in [-0.4, -0.2) is 74.7 Å². The zero-order chi connectivity index (χ0) is 24.6. The summed E-state index contributed by atoms with van der Waals surface area (Å²) in [5.74, 6) is 2.14. The molecule has 2 aliphatic heterocycles. The number of carbonyl (C=O) groups excluding carboxylic acids is 1. The largest absolute Gasteiger partial charge is 0.377 e. The molecule has 6 rings (SSSR count). The quantitative estimate of drug-likeness (QED) is 0.463. The number of morpholine rings is 1. The van der Waals surface area contributed by atoms with Gasteiger partial charge in [0.25, 0.3) is 0 Å². The van der Waals surface area contributed by atoms with Crippen LogP contribution in [-0.2, 0) is 9.53 Å². The number of hydrogen-bond acceptors (Lipinski definition) is 6. The van der Waals surface area contributed by atoms with Crippen molar-refractivity contribution in [1.82, 2.24) is 29.9 Å². The van der Waals surface area contributed by atoms with Gasteiger partial charge in [0, 0.05) is 43.7 Å². The number of aromatic amines is 1. The Balaban J connectivity index is 1.40. The fourth-order valence-corrected chi connectivity index (χ4v) is 5.41. The van der Waals surface area contributed by atoms with Gasteiger partial charge in [0.1, 0.15) is 5.82 Å². The van der Waals surface area contributed by atoms with E-state index in [9.17, 15) is 4.79 Å². The summed E-state index contributed by atoms with van der Waals surface area (Å²) >= 11 is 0. The van der Waals surface area contributed by atoms with E-state index in [4.69, 9.17) is 9.72 Å². The number of likely N-dealkylation sites (tertiary alicyclic amines) is 1. The Kier molecular flexibility index (Phi) is 5.92. The van der Waals surface area contributed by atoms with Crippen LogP contribution < -0.4 is 4.90 Å². The number of H-pyrrole nitrogens is 1. The van der Waals surface area contributed by atoms with Crippen LogP contribution in [0.2, 0.25) is 0 Å². The van der Waals surface area contributed by atoms with E-state index in [1.807, 2.05) is 24.1 Å². The number of rotatable bonds is 5. The Hall–Kier alpha value is -3.72. The molecule has 0 radical (unpaired) electrons. The van der Waals surface area contributed by atoms with E-state index in [0.29, 0.717) is 25.5 Å². The molecule has 0 spiro atoms. The molecule has 2 fully saturated rings. The number of nitrogens with zero attached hydrogens (tertiary/aromatic N) is 6. The maximum Gasteiger partial charge on any atom is 0.223 e. The van der Waals surface area contributed by atoms with E-state index < -0.39 is 0 Å². The molecule has 0 bridgehead atoms. The Morgan fingerprint density at radius 3 is 2.72 bits per heavy atom. The first-order valence-electron chi connectivity index (χ1n) is 12.7. The third-order valence-electron chi connectivity index (χ3n) is 7.49. The van der Waals surface area contributed by atoms with Gasteiger partial charge in [0.15, 0.2) is 11.5 Å². The standard InChI is InChI=1S/C27H31N7O2/c1-3-32-11-9-21(14-26(32)35)19-4-6-20(7-5-19)22-15-25(33-12-13-36-17-18(33)2)30-27-23(22)16-29-34(27)24-8-10-28-31-24/h4-8,10,15-16,18,21H,3,9,11-14,17H2,1-2H3,(H,28,31)/t18-,21?/m1/s1. The van der Waals surface area contributed by atoms with E-state index in [2.05, 4.69) is 57.5 Å². The van der Waals surface area contributed by atoms with E-state index in [1.54, 1.807) is 10.9 Å². The van der Waals surface area contributed by atoms with E-state index in [0.717, 1.165) is 54.0 Å². The van der Waals surface area contributed by atoms with Gasteiger partial charge < -0.3 is 14.5 Å². The number of nitrogens with one attached hydrogen (secondary N) is 1. The minimum atomic E-state index is 0.229. The van der Waals surface area contributed by atoms with Crippen molar-refractivity contribution in [1.29, 1.82) is 0 Å². The molecule has 1 unspecified atom stereocenters. The van der Waals surface area contributed by atoms with Gasteiger partial charge >= 0.3 is 0 Å². The first kappa shape index (κ1) is 22.7. The van der Waals surface area contributed by atoms with Crippen LogP contribution in [0.15, 0.2) is 48.8 Å². The molecular formula is C27H31N7O2. The van der Waals surface area contributed by atoms with Gasteiger partial charge in [-0.05, 0) is 48.9 Å². The van der Waals surface area contributed by atoms with Crippen LogP contribution in [0.4, 0.5) is 5.82 Å². The Bertz CT molecular complexity index is 1360. The number of benzene rings is 1. The second kappa shape index (κ2) is 9.39. The molecule has 9 heteroatoms. The number of piperidine rings is 1. The highest BCUT2D eigenvalue weighted by Crippen LogP contribution is 2.35. The Morgan fingerprint density at radius 1 is 1.14 bits per heavy atom. The highest BCUT2D eigenvalue weighted by Gasteiger charge is 2.26. The zero-order valence-corrected chi connectivity index (χ0v) is 20.7. The predicted molar refractivity (Wildman–Crippen MR) is 138 cm³/mol. The van der Waals surface area contributed by atoms with Gasteiger partial charge in [-0.25, -0.2) is 4.98 Å². The number of anilines is 1. The minimum Gasteiger partial charge on any atom is -0.377 e. The van der Waals surface area contributed by atoms with Crippen LogP contribution in [0, 0.1) is 0 Å². The van der Waals surface area contributed by atoms with Crippen molar-refractivity contribution in [2.75, 3.05) is 37.7 Å². The second-order valence-electron chi connectivity index (χ2n) is 9.66. The van der Waals surface area contributed by atoms with Crippen LogP contribution in [0.5, 0.6) is 0 Å². The monoisotopic (exact) mass is 485 g/mol. The summed E-state index contributed by atoms with van der Waals surface area (Å²) in [5.41, 5.74) is 4.18. The lowest BCUT2D eigenvalue weighted by atomic mass is 9.88. The van der Waals surface area contributed by atoms with Gasteiger partial charge in [0.05, 0.1) is 25.5 Å². The van der Waals surface area contributed by atoms with Crippen LogP contribution >= 0.6 is 0 Å². The minimum absolute atomic E-state index is 0.229. The molecule has 5 heterocycles. The molecule has 2 atom stereocenters. The van der Waals surface area contributed by atoms with Gasteiger partial charge in [-0.3, -0.25) is 9.89 Å². The molecule has 3 aromatic heterocycles. The van der Waals surface area contributed by atoms with Crippen molar-refractivity contribution in [3.05, 3.63) is 54.4 Å². The summed E-state index contributed by atoms with van der Waals surface area (Å²) < 4.78 is 7.45. The Morgan fingerprint density at radius 2 is 2.00 bits per heavy atom. The molecule has 1 N–H and O–H groups in total. The third-order valence-corrected chi connectivity index (χ3v) is 7.49. The first-order valence-corrected chi connectivity index (χ1v) is 12.7. The molecule has 0 saturated carbocycles. The van der Waals surface area contributed by atoms with E-state index in [1.165, 1.54) is 5.56 Å². The molecule has 2 aliphatic rings. The molecule has 1 amide bonds. The summed E-state index contributed by atoms with van der Waals surface area (Å²) in [4.78, 5) is 21.7. The third kappa shape index (κ3) is 4.03. The number of amides is 1. The lowest BCUT2D eigenvalue weighted by Crippen LogP contribution is -2.44.